The van der Waals surface area contributed by atoms with E-state index < -0.39 is 0 Å². The number of aryl methyl sites for hydroxylation is 1. The van der Waals surface area contributed by atoms with E-state index in [4.69, 9.17) is 0 Å². The minimum Gasteiger partial charge on any atom is -0.265 e. The Morgan fingerprint density at radius 3 is 2.69 bits per heavy atom. The van der Waals surface area contributed by atoms with Gasteiger partial charge in [0.1, 0.15) is 0 Å². The minimum atomic E-state index is 1.17. The van der Waals surface area contributed by atoms with Gasteiger partial charge in [-0.1, -0.05) is 24.3 Å². The van der Waals surface area contributed by atoms with E-state index >= 15 is 0 Å². The molecule has 1 nitrogen and oxygen atoms in total. The van der Waals surface area contributed by atoms with Crippen LogP contribution in [0.15, 0.2) is 48.8 Å². The molecular weight excluding hydrogens is 194 g/mol. The summed E-state index contributed by atoms with van der Waals surface area (Å²) in [4.78, 5) is 4.04. The molecule has 0 saturated carbocycles. The van der Waals surface area contributed by atoms with E-state index in [1.807, 2.05) is 24.5 Å². The van der Waals surface area contributed by atoms with Gasteiger partial charge in [-0.05, 0) is 53.3 Å². The number of aromatic nitrogens is 1. The van der Waals surface area contributed by atoms with Crippen molar-refractivity contribution in [2.24, 2.45) is 0 Å². The summed E-state index contributed by atoms with van der Waals surface area (Å²) in [6.45, 7) is 0. The average Bonchev–Trinajstić information content (AvgIpc) is 2.39. The van der Waals surface area contributed by atoms with Gasteiger partial charge in [0.15, 0.2) is 0 Å². The van der Waals surface area contributed by atoms with E-state index in [9.17, 15) is 0 Å². The fraction of sp³-hybridized carbons (Fsp3) is 0.133. The first-order chi connectivity index (χ1) is 7.93. The van der Waals surface area contributed by atoms with Crippen molar-refractivity contribution in [3.8, 4) is 11.1 Å². The van der Waals surface area contributed by atoms with E-state index in [1.165, 1.54) is 35.1 Å². The highest BCUT2D eigenvalue weighted by Crippen LogP contribution is 2.25. The normalized spacial score (nSPS) is 13.5. The van der Waals surface area contributed by atoms with Crippen LogP contribution in [0.2, 0.25) is 0 Å². The Balaban J connectivity index is 2.08. The van der Waals surface area contributed by atoms with Crippen LogP contribution < -0.4 is 0 Å². The van der Waals surface area contributed by atoms with Crippen molar-refractivity contribution < 1.29 is 0 Å². The maximum Gasteiger partial charge on any atom is 0.0273 e. The smallest absolute Gasteiger partial charge is 0.0273 e. The number of pyridine rings is 1. The molecule has 1 aliphatic rings. The third kappa shape index (κ3) is 1.65. The first-order valence-electron chi connectivity index (χ1n) is 5.63. The van der Waals surface area contributed by atoms with Crippen LogP contribution in [0.3, 0.4) is 0 Å². The molecule has 0 radical (unpaired) electrons. The predicted octanol–water partition coefficient (Wildman–Crippen LogP) is 3.71. The van der Waals surface area contributed by atoms with Crippen LogP contribution in [0.5, 0.6) is 0 Å². The molecule has 1 heterocycles. The Hall–Kier alpha value is -1.89. The van der Waals surface area contributed by atoms with Gasteiger partial charge in [0.05, 0.1) is 0 Å². The number of rotatable bonds is 1. The quantitative estimate of drug-likeness (QED) is 0.694. The van der Waals surface area contributed by atoms with Gasteiger partial charge in [-0.3, -0.25) is 4.98 Å². The van der Waals surface area contributed by atoms with Gasteiger partial charge in [-0.2, -0.15) is 0 Å². The Kier molecular flexibility index (Phi) is 2.30. The number of fused-ring (bicyclic) bond motifs is 1. The van der Waals surface area contributed by atoms with Crippen LogP contribution in [0.4, 0.5) is 0 Å². The van der Waals surface area contributed by atoms with Crippen molar-refractivity contribution >= 4 is 6.08 Å². The monoisotopic (exact) mass is 207 g/mol. The molecule has 2 aromatic rings. The molecule has 3 rings (SSSR count). The molecule has 0 fully saturated rings. The van der Waals surface area contributed by atoms with Gasteiger partial charge in [0.25, 0.3) is 0 Å². The van der Waals surface area contributed by atoms with Crippen molar-refractivity contribution in [2.75, 3.05) is 0 Å². The SMILES string of the molecule is C1=Cc2cc(-c3ccncc3)ccc2CC1. The standard InChI is InChI=1S/C15H13N/c1-2-4-14-11-15(6-5-12(14)3-1)13-7-9-16-10-8-13/h2,4-11H,1,3H2. The summed E-state index contributed by atoms with van der Waals surface area (Å²) in [5.41, 5.74) is 5.32. The Morgan fingerprint density at radius 2 is 1.81 bits per heavy atom. The summed E-state index contributed by atoms with van der Waals surface area (Å²) < 4.78 is 0. The molecule has 0 aliphatic heterocycles. The van der Waals surface area contributed by atoms with Gasteiger partial charge in [0, 0.05) is 12.4 Å². The van der Waals surface area contributed by atoms with E-state index in [0.717, 1.165) is 0 Å². The van der Waals surface area contributed by atoms with Crippen molar-refractivity contribution in [3.05, 3.63) is 59.9 Å². The van der Waals surface area contributed by atoms with Gasteiger partial charge < -0.3 is 0 Å². The lowest BCUT2D eigenvalue weighted by Gasteiger charge is -2.11. The zero-order valence-electron chi connectivity index (χ0n) is 9.06. The van der Waals surface area contributed by atoms with Crippen LogP contribution in [0.1, 0.15) is 17.5 Å². The Bertz CT molecular complexity index is 526. The number of hydrogen-bond donors (Lipinski definition) is 0. The summed E-state index contributed by atoms with van der Waals surface area (Å²) in [5, 5.41) is 0. The van der Waals surface area contributed by atoms with Crippen LogP contribution in [-0.4, -0.2) is 4.98 Å². The largest absolute Gasteiger partial charge is 0.265 e. The topological polar surface area (TPSA) is 12.9 Å². The molecule has 16 heavy (non-hydrogen) atoms. The van der Waals surface area contributed by atoms with Crippen LogP contribution >= 0.6 is 0 Å². The zero-order chi connectivity index (χ0) is 10.8. The summed E-state index contributed by atoms with van der Waals surface area (Å²) in [7, 11) is 0. The van der Waals surface area contributed by atoms with Gasteiger partial charge >= 0.3 is 0 Å². The highest BCUT2D eigenvalue weighted by molar-refractivity contribution is 5.69. The summed E-state index contributed by atoms with van der Waals surface area (Å²) in [6.07, 6.45) is 10.5. The number of allylic oxidation sites excluding steroid dienone is 1. The molecule has 0 N–H and O–H groups in total. The Labute approximate surface area is 95.5 Å². The summed E-state index contributed by atoms with van der Waals surface area (Å²) >= 11 is 0. The van der Waals surface area contributed by atoms with E-state index in [2.05, 4.69) is 35.3 Å². The number of hydrogen-bond acceptors (Lipinski definition) is 1. The van der Waals surface area contributed by atoms with E-state index in [-0.39, 0.29) is 0 Å². The second-order valence-electron chi connectivity index (χ2n) is 4.09. The number of nitrogens with zero attached hydrogens (tertiary/aromatic N) is 1. The van der Waals surface area contributed by atoms with Crippen LogP contribution in [0, 0.1) is 0 Å². The predicted molar refractivity (Wildman–Crippen MR) is 67.0 cm³/mol. The molecule has 1 aromatic heterocycles. The first kappa shape index (κ1) is 9.34. The second kappa shape index (κ2) is 3.93. The average molecular weight is 207 g/mol. The lowest BCUT2D eigenvalue weighted by molar-refractivity contribution is 0.986. The van der Waals surface area contributed by atoms with E-state index in [0.29, 0.717) is 0 Å². The van der Waals surface area contributed by atoms with Crippen LogP contribution in [-0.2, 0) is 6.42 Å². The van der Waals surface area contributed by atoms with Crippen molar-refractivity contribution in [3.63, 3.8) is 0 Å². The second-order valence-corrected chi connectivity index (χ2v) is 4.09. The molecule has 0 atom stereocenters. The third-order valence-corrected chi connectivity index (χ3v) is 3.04. The molecule has 1 aliphatic carbocycles. The fourth-order valence-electron chi connectivity index (χ4n) is 2.15. The van der Waals surface area contributed by atoms with E-state index in [1.54, 1.807) is 0 Å². The Morgan fingerprint density at radius 1 is 0.938 bits per heavy atom. The fourth-order valence-corrected chi connectivity index (χ4v) is 2.15. The van der Waals surface area contributed by atoms with Gasteiger partial charge in [0.2, 0.25) is 0 Å². The molecule has 0 saturated heterocycles. The van der Waals surface area contributed by atoms with Crippen molar-refractivity contribution in [1.29, 1.82) is 0 Å². The van der Waals surface area contributed by atoms with Gasteiger partial charge in [-0.25, -0.2) is 0 Å². The molecule has 0 amide bonds. The lowest BCUT2D eigenvalue weighted by Crippen LogP contribution is -1.94. The lowest BCUT2D eigenvalue weighted by atomic mass is 9.94. The zero-order valence-corrected chi connectivity index (χ0v) is 9.06. The molecule has 1 aromatic carbocycles. The summed E-state index contributed by atoms with van der Waals surface area (Å²) in [5.74, 6) is 0. The van der Waals surface area contributed by atoms with Gasteiger partial charge in [-0.15, -0.1) is 0 Å². The highest BCUT2D eigenvalue weighted by Gasteiger charge is 2.05. The molecule has 0 unspecified atom stereocenters. The molecule has 0 bridgehead atoms. The maximum absolute atomic E-state index is 4.04. The van der Waals surface area contributed by atoms with Crippen LogP contribution in [0.25, 0.3) is 17.2 Å². The number of benzene rings is 1. The molecule has 1 heteroatoms. The molecular formula is C15H13N. The van der Waals surface area contributed by atoms with Crippen molar-refractivity contribution in [2.45, 2.75) is 12.8 Å². The minimum absolute atomic E-state index is 1.17. The summed E-state index contributed by atoms with van der Waals surface area (Å²) in [6, 6.07) is 10.8. The maximum atomic E-state index is 4.04. The molecule has 0 spiro atoms. The first-order valence-corrected chi connectivity index (χ1v) is 5.63. The molecule has 78 valence electrons. The highest BCUT2D eigenvalue weighted by atomic mass is 14.6. The third-order valence-electron chi connectivity index (χ3n) is 3.04. The van der Waals surface area contributed by atoms with Crippen molar-refractivity contribution in [1.82, 2.24) is 4.98 Å².